The van der Waals surface area contributed by atoms with Crippen molar-refractivity contribution in [2.45, 2.75) is 43.2 Å². The highest BCUT2D eigenvalue weighted by molar-refractivity contribution is 7.99. The molecule has 1 aliphatic heterocycles. The number of nitrogens with one attached hydrogen (secondary N) is 1. The highest BCUT2D eigenvalue weighted by atomic mass is 32.2. The predicted octanol–water partition coefficient (Wildman–Crippen LogP) is 2.97. The fourth-order valence-electron chi connectivity index (χ4n) is 2.14. The molecule has 0 fully saturated rings. The largest absolute Gasteiger partial charge is 0.389 e. The summed E-state index contributed by atoms with van der Waals surface area (Å²) in [5.41, 5.74) is 0.828. The van der Waals surface area contributed by atoms with E-state index >= 15 is 0 Å². The third-order valence-electron chi connectivity index (χ3n) is 3.69. The van der Waals surface area contributed by atoms with Crippen LogP contribution in [0.2, 0.25) is 0 Å². The second-order valence-electron chi connectivity index (χ2n) is 4.71. The first kappa shape index (κ1) is 12.9. The molecular weight excluding hydrogens is 230 g/mol. The highest BCUT2D eigenvalue weighted by Crippen LogP contribution is 2.37. The van der Waals surface area contributed by atoms with Crippen LogP contribution in [0.3, 0.4) is 0 Å². The summed E-state index contributed by atoms with van der Waals surface area (Å²) in [4.78, 5) is 1.38. The smallest absolute Gasteiger partial charge is 0.0766 e. The van der Waals surface area contributed by atoms with Gasteiger partial charge in [0.05, 0.1) is 5.60 Å². The van der Waals surface area contributed by atoms with Crippen molar-refractivity contribution in [3.63, 3.8) is 0 Å². The molecule has 1 unspecified atom stereocenters. The van der Waals surface area contributed by atoms with E-state index in [0.717, 1.165) is 18.6 Å². The Morgan fingerprint density at radius 3 is 2.76 bits per heavy atom. The molecule has 17 heavy (non-hydrogen) atoms. The lowest BCUT2D eigenvalue weighted by Crippen LogP contribution is -2.41. The number of hydrogen-bond donors (Lipinski definition) is 2. The topological polar surface area (TPSA) is 32.3 Å². The van der Waals surface area contributed by atoms with Gasteiger partial charge in [0, 0.05) is 23.2 Å². The molecular formula is C14H21NOS. The molecule has 1 atom stereocenters. The molecule has 0 saturated carbocycles. The van der Waals surface area contributed by atoms with Gasteiger partial charge in [0.2, 0.25) is 0 Å². The molecule has 0 bridgehead atoms. The Labute approximate surface area is 108 Å². The Kier molecular flexibility index (Phi) is 4.13. The average molecular weight is 251 g/mol. The fraction of sp³-hybridized carbons (Fsp3) is 0.571. The maximum absolute atomic E-state index is 10.3. The van der Waals surface area contributed by atoms with E-state index in [1.54, 1.807) is 0 Å². The molecule has 0 spiro atoms. The van der Waals surface area contributed by atoms with E-state index in [9.17, 15) is 5.11 Å². The lowest BCUT2D eigenvalue weighted by atomic mass is 9.97. The van der Waals surface area contributed by atoms with Crippen molar-refractivity contribution in [2.24, 2.45) is 0 Å². The predicted molar refractivity (Wildman–Crippen MR) is 73.4 cm³/mol. The van der Waals surface area contributed by atoms with Crippen LogP contribution in [-0.2, 0) is 0 Å². The van der Waals surface area contributed by atoms with Crippen molar-refractivity contribution in [1.82, 2.24) is 5.32 Å². The molecule has 94 valence electrons. The summed E-state index contributed by atoms with van der Waals surface area (Å²) in [6, 6.07) is 8.92. The number of aliphatic hydroxyl groups is 1. The number of benzene rings is 1. The van der Waals surface area contributed by atoms with Crippen molar-refractivity contribution in [1.29, 1.82) is 0 Å². The maximum Gasteiger partial charge on any atom is 0.0766 e. The Morgan fingerprint density at radius 2 is 2.06 bits per heavy atom. The zero-order valence-corrected chi connectivity index (χ0v) is 11.4. The van der Waals surface area contributed by atoms with Crippen LogP contribution in [0.15, 0.2) is 29.2 Å². The fourth-order valence-corrected chi connectivity index (χ4v) is 3.34. The van der Waals surface area contributed by atoms with Gasteiger partial charge in [-0.05, 0) is 24.5 Å². The van der Waals surface area contributed by atoms with Gasteiger partial charge in [-0.2, -0.15) is 0 Å². The van der Waals surface area contributed by atoms with Gasteiger partial charge in [0.25, 0.3) is 0 Å². The van der Waals surface area contributed by atoms with Crippen LogP contribution < -0.4 is 5.32 Å². The Bertz CT molecular complexity index is 376. The standard InChI is InChI=1S/C14H21NOS/c1-3-14(16,4-2)10-15-12-9-17-13-8-6-5-7-11(12)13/h5-8,12,15-16H,3-4,9-10H2,1-2H3. The van der Waals surface area contributed by atoms with Crippen molar-refractivity contribution < 1.29 is 5.11 Å². The average Bonchev–Trinajstić information content (AvgIpc) is 2.79. The first-order valence-corrected chi connectivity index (χ1v) is 7.34. The molecule has 0 amide bonds. The summed E-state index contributed by atoms with van der Waals surface area (Å²) in [6.07, 6.45) is 1.61. The zero-order valence-electron chi connectivity index (χ0n) is 10.6. The van der Waals surface area contributed by atoms with Crippen LogP contribution >= 0.6 is 11.8 Å². The van der Waals surface area contributed by atoms with Gasteiger partial charge in [-0.3, -0.25) is 0 Å². The minimum atomic E-state index is -0.553. The van der Waals surface area contributed by atoms with Gasteiger partial charge < -0.3 is 10.4 Å². The first-order chi connectivity index (χ1) is 8.18. The second-order valence-corrected chi connectivity index (χ2v) is 5.78. The zero-order chi connectivity index (χ0) is 12.3. The van der Waals surface area contributed by atoms with Gasteiger partial charge in [-0.25, -0.2) is 0 Å². The Hall–Kier alpha value is -0.510. The van der Waals surface area contributed by atoms with Gasteiger partial charge in [-0.15, -0.1) is 11.8 Å². The van der Waals surface area contributed by atoms with E-state index in [1.807, 2.05) is 25.6 Å². The number of hydrogen-bond acceptors (Lipinski definition) is 3. The quantitative estimate of drug-likeness (QED) is 0.844. The molecule has 1 heterocycles. The molecule has 2 N–H and O–H groups in total. The van der Waals surface area contributed by atoms with Crippen molar-refractivity contribution in [3.05, 3.63) is 29.8 Å². The molecule has 0 aromatic heterocycles. The summed E-state index contributed by atoms with van der Waals surface area (Å²) >= 11 is 1.90. The van der Waals surface area contributed by atoms with E-state index in [0.29, 0.717) is 12.6 Å². The molecule has 2 nitrogen and oxygen atoms in total. The van der Waals surface area contributed by atoms with Crippen LogP contribution in [-0.4, -0.2) is 23.0 Å². The van der Waals surface area contributed by atoms with Crippen LogP contribution in [0.4, 0.5) is 0 Å². The van der Waals surface area contributed by atoms with Gasteiger partial charge in [-0.1, -0.05) is 32.0 Å². The monoisotopic (exact) mass is 251 g/mol. The molecule has 0 aliphatic carbocycles. The SMILES string of the molecule is CCC(O)(CC)CNC1CSc2ccccc21. The molecule has 1 aromatic rings. The van der Waals surface area contributed by atoms with E-state index in [-0.39, 0.29) is 0 Å². The minimum absolute atomic E-state index is 0.390. The van der Waals surface area contributed by atoms with Crippen molar-refractivity contribution in [3.8, 4) is 0 Å². The normalized spacial score (nSPS) is 19.4. The Morgan fingerprint density at radius 1 is 1.35 bits per heavy atom. The summed E-state index contributed by atoms with van der Waals surface area (Å²) in [7, 11) is 0. The van der Waals surface area contributed by atoms with Gasteiger partial charge in [0.15, 0.2) is 0 Å². The second kappa shape index (κ2) is 5.42. The molecule has 0 radical (unpaired) electrons. The summed E-state index contributed by atoms with van der Waals surface area (Å²) < 4.78 is 0. The third kappa shape index (κ3) is 2.84. The van der Waals surface area contributed by atoms with E-state index in [2.05, 4.69) is 29.6 Å². The maximum atomic E-state index is 10.3. The lowest BCUT2D eigenvalue weighted by Gasteiger charge is -2.27. The molecule has 1 aromatic carbocycles. The summed E-state index contributed by atoms with van der Waals surface area (Å²) in [5.74, 6) is 1.07. The van der Waals surface area contributed by atoms with Gasteiger partial charge >= 0.3 is 0 Å². The molecule has 3 heteroatoms. The minimum Gasteiger partial charge on any atom is -0.389 e. The summed E-state index contributed by atoms with van der Waals surface area (Å²) in [5, 5.41) is 13.8. The van der Waals surface area contributed by atoms with E-state index in [4.69, 9.17) is 0 Å². The lowest BCUT2D eigenvalue weighted by molar-refractivity contribution is 0.0305. The molecule has 1 aliphatic rings. The highest BCUT2D eigenvalue weighted by Gasteiger charge is 2.27. The molecule has 0 saturated heterocycles. The van der Waals surface area contributed by atoms with Crippen LogP contribution in [0.5, 0.6) is 0 Å². The van der Waals surface area contributed by atoms with Crippen molar-refractivity contribution in [2.75, 3.05) is 12.3 Å². The van der Waals surface area contributed by atoms with E-state index in [1.165, 1.54) is 10.5 Å². The molecule has 2 rings (SSSR count). The number of thioether (sulfide) groups is 1. The van der Waals surface area contributed by atoms with Gasteiger partial charge in [0.1, 0.15) is 0 Å². The first-order valence-electron chi connectivity index (χ1n) is 6.36. The van der Waals surface area contributed by atoms with Crippen molar-refractivity contribution >= 4 is 11.8 Å². The third-order valence-corrected chi connectivity index (χ3v) is 4.88. The number of fused-ring (bicyclic) bond motifs is 1. The van der Waals surface area contributed by atoms with Crippen LogP contribution in [0, 0.1) is 0 Å². The summed E-state index contributed by atoms with van der Waals surface area (Å²) in [6.45, 7) is 4.77. The van der Waals surface area contributed by atoms with Crippen LogP contribution in [0.1, 0.15) is 38.3 Å². The van der Waals surface area contributed by atoms with Crippen LogP contribution in [0.25, 0.3) is 0 Å². The number of rotatable bonds is 5. The Balaban J connectivity index is 1.98. The van der Waals surface area contributed by atoms with E-state index < -0.39 is 5.60 Å².